The van der Waals surface area contributed by atoms with Crippen molar-refractivity contribution in [1.29, 1.82) is 0 Å². The molecule has 11 heteroatoms. The third-order valence-corrected chi connectivity index (χ3v) is 6.14. The second-order valence-electron chi connectivity index (χ2n) is 7.05. The molecule has 0 saturated carbocycles. The summed E-state index contributed by atoms with van der Waals surface area (Å²) in [6.45, 7) is 3.97. The van der Waals surface area contributed by atoms with Crippen molar-refractivity contribution >= 4 is 45.2 Å². The first-order chi connectivity index (χ1) is 15.9. The van der Waals surface area contributed by atoms with Crippen LogP contribution in [0.25, 0.3) is 15.5 Å². The molecular formula is C22H22N6O3S2. The Morgan fingerprint density at radius 2 is 1.88 bits per heavy atom. The molecule has 2 heterocycles. The number of amides is 1. The van der Waals surface area contributed by atoms with Crippen molar-refractivity contribution < 1.29 is 14.3 Å². The number of rotatable bonds is 6. The highest BCUT2D eigenvalue weighted by Crippen LogP contribution is 2.30. The summed E-state index contributed by atoms with van der Waals surface area (Å²) in [5, 5.41) is 19.7. The summed E-state index contributed by atoms with van der Waals surface area (Å²) in [5.74, 6) is 1.16. The summed E-state index contributed by atoms with van der Waals surface area (Å²) >= 11 is 6.86. The van der Waals surface area contributed by atoms with E-state index in [-0.39, 0.29) is 10.7 Å². The lowest BCUT2D eigenvalue weighted by Gasteiger charge is -2.15. The van der Waals surface area contributed by atoms with Gasteiger partial charge in [-0.25, -0.2) is 0 Å². The predicted molar refractivity (Wildman–Crippen MR) is 131 cm³/mol. The van der Waals surface area contributed by atoms with Crippen LogP contribution < -0.4 is 20.1 Å². The van der Waals surface area contributed by atoms with Crippen LogP contribution in [0.4, 0.5) is 5.69 Å². The molecule has 0 unspecified atom stereocenters. The van der Waals surface area contributed by atoms with E-state index in [1.807, 2.05) is 32.0 Å². The molecule has 0 atom stereocenters. The van der Waals surface area contributed by atoms with Crippen LogP contribution in [-0.2, 0) is 6.42 Å². The summed E-state index contributed by atoms with van der Waals surface area (Å²) in [4.78, 5) is 13.6. The maximum absolute atomic E-state index is 12.9. The van der Waals surface area contributed by atoms with Gasteiger partial charge in [-0.2, -0.15) is 9.61 Å². The summed E-state index contributed by atoms with van der Waals surface area (Å²) < 4.78 is 12.4. The van der Waals surface area contributed by atoms with E-state index in [1.165, 1.54) is 25.6 Å². The van der Waals surface area contributed by atoms with E-state index >= 15 is 0 Å². The number of hydrogen-bond acceptors (Lipinski definition) is 8. The quantitative estimate of drug-likeness (QED) is 0.399. The zero-order valence-electron chi connectivity index (χ0n) is 18.5. The van der Waals surface area contributed by atoms with Crippen LogP contribution in [0.2, 0.25) is 0 Å². The Labute approximate surface area is 199 Å². The molecule has 0 radical (unpaired) electrons. The fourth-order valence-corrected chi connectivity index (χ4v) is 4.34. The van der Waals surface area contributed by atoms with Crippen molar-refractivity contribution in [1.82, 2.24) is 25.1 Å². The van der Waals surface area contributed by atoms with Gasteiger partial charge in [0.1, 0.15) is 22.1 Å². The molecule has 33 heavy (non-hydrogen) atoms. The van der Waals surface area contributed by atoms with Gasteiger partial charge in [0.2, 0.25) is 4.96 Å². The molecule has 2 N–H and O–H groups in total. The molecule has 0 aliphatic rings. The van der Waals surface area contributed by atoms with Crippen molar-refractivity contribution in [2.24, 2.45) is 0 Å². The van der Waals surface area contributed by atoms with E-state index in [2.05, 4.69) is 25.9 Å². The predicted octanol–water partition coefficient (Wildman–Crippen LogP) is 3.87. The average Bonchev–Trinajstić information content (AvgIpc) is 3.40. The zero-order valence-corrected chi connectivity index (χ0v) is 20.1. The summed E-state index contributed by atoms with van der Waals surface area (Å²) in [5.41, 5.74) is 2.89. The van der Waals surface area contributed by atoms with Gasteiger partial charge >= 0.3 is 0 Å². The van der Waals surface area contributed by atoms with E-state index in [9.17, 15) is 4.79 Å². The first kappa shape index (κ1) is 22.6. The second kappa shape index (κ2) is 9.51. The van der Waals surface area contributed by atoms with E-state index in [4.69, 9.17) is 21.7 Å². The normalized spacial score (nSPS) is 10.8. The molecule has 0 aliphatic carbocycles. The van der Waals surface area contributed by atoms with Crippen LogP contribution in [0.15, 0.2) is 36.4 Å². The van der Waals surface area contributed by atoms with Gasteiger partial charge in [-0.15, -0.1) is 10.2 Å². The van der Waals surface area contributed by atoms with Crippen LogP contribution in [0.1, 0.15) is 28.7 Å². The monoisotopic (exact) mass is 482 g/mol. The van der Waals surface area contributed by atoms with Crippen molar-refractivity contribution in [2.45, 2.75) is 20.3 Å². The van der Waals surface area contributed by atoms with Gasteiger partial charge in [-0.3, -0.25) is 10.1 Å². The fourth-order valence-electron chi connectivity index (χ4n) is 3.28. The van der Waals surface area contributed by atoms with E-state index in [1.54, 1.807) is 22.7 Å². The molecule has 0 spiro atoms. The number of methoxy groups -OCH3 is 2. The molecular weight excluding hydrogens is 460 g/mol. The van der Waals surface area contributed by atoms with Crippen molar-refractivity contribution in [3.8, 4) is 22.1 Å². The van der Waals surface area contributed by atoms with Crippen LogP contribution in [0.5, 0.6) is 11.5 Å². The molecule has 9 nitrogen and oxygen atoms in total. The van der Waals surface area contributed by atoms with Gasteiger partial charge in [0.15, 0.2) is 10.9 Å². The minimum atomic E-state index is -0.434. The SMILES string of the molecule is CCc1nnc2sc(-c3ccc(C)c(NC(=S)NC(=O)c4c(OC)cccc4OC)c3)nn12. The Kier molecular flexibility index (Phi) is 6.52. The summed E-state index contributed by atoms with van der Waals surface area (Å²) in [7, 11) is 2.98. The van der Waals surface area contributed by atoms with Crippen LogP contribution >= 0.6 is 23.6 Å². The maximum atomic E-state index is 12.9. The first-order valence-corrected chi connectivity index (χ1v) is 11.3. The van der Waals surface area contributed by atoms with Gasteiger partial charge in [-0.1, -0.05) is 36.5 Å². The first-order valence-electron chi connectivity index (χ1n) is 10.1. The Hall–Kier alpha value is -3.57. The number of benzene rings is 2. The molecule has 0 bridgehead atoms. The van der Waals surface area contributed by atoms with Gasteiger partial charge < -0.3 is 14.8 Å². The Bertz CT molecular complexity index is 1330. The van der Waals surface area contributed by atoms with Gasteiger partial charge in [0.05, 0.1) is 14.2 Å². The topological polar surface area (TPSA) is 103 Å². The number of ether oxygens (including phenoxy) is 2. The highest BCUT2D eigenvalue weighted by atomic mass is 32.1. The lowest BCUT2D eigenvalue weighted by Crippen LogP contribution is -2.34. The van der Waals surface area contributed by atoms with E-state index in [0.717, 1.165) is 39.0 Å². The second-order valence-corrected chi connectivity index (χ2v) is 8.41. The standard InChI is InChI=1S/C22H22N6O3S2/c1-5-17-25-26-22-28(17)27-20(33-22)13-10-9-12(2)14(11-13)23-21(32)24-19(29)18-15(30-3)7-6-8-16(18)31-4/h6-11H,5H2,1-4H3,(H2,23,24,29,32). The number of anilines is 1. The third kappa shape index (κ3) is 4.50. The van der Waals surface area contributed by atoms with Crippen molar-refractivity contribution in [3.05, 3.63) is 53.3 Å². The lowest BCUT2D eigenvalue weighted by atomic mass is 10.1. The van der Waals surface area contributed by atoms with Gasteiger partial charge in [-0.05, 0) is 42.9 Å². The minimum absolute atomic E-state index is 0.152. The Balaban J connectivity index is 1.55. The third-order valence-electron chi connectivity index (χ3n) is 4.99. The number of carbonyl (C=O) groups is 1. The molecule has 0 fully saturated rings. The minimum Gasteiger partial charge on any atom is -0.496 e. The Morgan fingerprint density at radius 3 is 2.55 bits per heavy atom. The highest BCUT2D eigenvalue weighted by Gasteiger charge is 2.19. The van der Waals surface area contributed by atoms with Crippen molar-refractivity contribution in [3.63, 3.8) is 0 Å². The van der Waals surface area contributed by atoms with Crippen molar-refractivity contribution in [2.75, 3.05) is 19.5 Å². The van der Waals surface area contributed by atoms with Crippen LogP contribution in [0, 0.1) is 6.92 Å². The fraction of sp³-hybridized carbons (Fsp3) is 0.227. The number of thiocarbonyl (C=S) groups is 1. The number of nitrogens with one attached hydrogen (secondary N) is 2. The average molecular weight is 483 g/mol. The van der Waals surface area contributed by atoms with Gasteiger partial charge in [0.25, 0.3) is 5.91 Å². The lowest BCUT2D eigenvalue weighted by molar-refractivity contribution is 0.0971. The van der Waals surface area contributed by atoms with E-state index < -0.39 is 5.91 Å². The smallest absolute Gasteiger partial charge is 0.264 e. The molecule has 1 amide bonds. The number of fused-ring (bicyclic) bond motifs is 1. The van der Waals surface area contributed by atoms with Crippen LogP contribution in [-0.4, -0.2) is 45.1 Å². The molecule has 0 aliphatic heterocycles. The number of carbonyl (C=O) groups excluding carboxylic acids is 1. The molecule has 170 valence electrons. The number of hydrogen-bond donors (Lipinski definition) is 2. The number of aryl methyl sites for hydroxylation is 2. The molecule has 4 aromatic rings. The molecule has 4 rings (SSSR count). The maximum Gasteiger partial charge on any atom is 0.264 e. The molecule has 0 saturated heterocycles. The summed E-state index contributed by atoms with van der Waals surface area (Å²) in [6, 6.07) is 11.0. The van der Waals surface area contributed by atoms with Crippen LogP contribution in [0.3, 0.4) is 0 Å². The highest BCUT2D eigenvalue weighted by molar-refractivity contribution is 7.80. The van der Waals surface area contributed by atoms with E-state index in [0.29, 0.717) is 11.5 Å². The zero-order chi connectivity index (χ0) is 23.5. The number of nitrogens with zero attached hydrogens (tertiary/aromatic N) is 4. The number of aromatic nitrogens is 4. The molecule has 2 aromatic heterocycles. The van der Waals surface area contributed by atoms with Gasteiger partial charge in [0, 0.05) is 17.7 Å². The summed E-state index contributed by atoms with van der Waals surface area (Å²) in [6.07, 6.45) is 0.746. The molecule has 2 aromatic carbocycles. The Morgan fingerprint density at radius 1 is 1.15 bits per heavy atom. The largest absolute Gasteiger partial charge is 0.496 e.